The molecule has 0 aromatic carbocycles. The van der Waals surface area contributed by atoms with Gasteiger partial charge in [-0.1, -0.05) is 0 Å². The van der Waals surface area contributed by atoms with Gasteiger partial charge in [0.1, 0.15) is 0 Å². The highest BCUT2D eigenvalue weighted by molar-refractivity contribution is 7.18. The molecule has 1 aliphatic heterocycles. The smallest absolute Gasteiger partial charge is 0.178 e. The van der Waals surface area contributed by atoms with Gasteiger partial charge in [-0.25, -0.2) is 0 Å². The number of thiophene rings is 1. The number of carbonyl (C=O) groups is 1. The highest BCUT2D eigenvalue weighted by Gasteiger charge is 2.33. The largest absolute Gasteiger partial charge is 0.397 e. The third-order valence-corrected chi connectivity index (χ3v) is 4.94. The van der Waals surface area contributed by atoms with Gasteiger partial charge in [0.25, 0.3) is 0 Å². The van der Waals surface area contributed by atoms with Crippen LogP contribution in [0.1, 0.15) is 28.9 Å². The topological polar surface area (TPSA) is 55.6 Å². The van der Waals surface area contributed by atoms with Crippen LogP contribution in [0.3, 0.4) is 0 Å². The van der Waals surface area contributed by atoms with Crippen LogP contribution in [-0.2, 0) is 4.74 Å². The summed E-state index contributed by atoms with van der Waals surface area (Å²) in [7, 11) is 1.75. The Labute approximate surface area is 111 Å². The first-order valence-corrected chi connectivity index (χ1v) is 7.22. The predicted octanol–water partition coefficient (Wildman–Crippen LogP) is 2.15. The van der Waals surface area contributed by atoms with E-state index in [0.717, 1.165) is 42.2 Å². The van der Waals surface area contributed by atoms with Crippen molar-refractivity contribution in [3.8, 4) is 0 Å². The number of hydrogen-bond donors (Lipinski definition) is 1. The van der Waals surface area contributed by atoms with Crippen LogP contribution in [0.15, 0.2) is 6.07 Å². The lowest BCUT2D eigenvalue weighted by Crippen LogP contribution is -2.21. The van der Waals surface area contributed by atoms with E-state index in [1.165, 1.54) is 0 Å². The fraction of sp³-hybridized carbons (Fsp3) is 0.615. The Kier molecular flexibility index (Phi) is 3.03. The molecule has 0 amide bonds. The molecule has 4 nitrogen and oxygen atoms in total. The lowest BCUT2D eigenvalue weighted by atomic mass is 10.2. The first kappa shape index (κ1) is 12.0. The van der Waals surface area contributed by atoms with E-state index in [2.05, 4.69) is 4.90 Å². The third kappa shape index (κ3) is 2.12. The summed E-state index contributed by atoms with van der Waals surface area (Å²) in [5.74, 6) is 0.482. The molecule has 1 aromatic heterocycles. The number of hydrogen-bond acceptors (Lipinski definition) is 5. The van der Waals surface area contributed by atoms with Crippen LogP contribution in [0.4, 0.5) is 10.7 Å². The lowest BCUT2D eigenvalue weighted by Gasteiger charge is -2.15. The van der Waals surface area contributed by atoms with Crippen molar-refractivity contribution < 1.29 is 9.53 Å². The number of anilines is 2. The Morgan fingerprint density at radius 1 is 1.50 bits per heavy atom. The minimum absolute atomic E-state index is 0.240. The third-order valence-electron chi connectivity index (χ3n) is 3.71. The molecular weight excluding hydrogens is 248 g/mol. The molecule has 0 spiro atoms. The van der Waals surface area contributed by atoms with Gasteiger partial charge < -0.3 is 15.4 Å². The Morgan fingerprint density at radius 3 is 2.89 bits per heavy atom. The van der Waals surface area contributed by atoms with Crippen molar-refractivity contribution in [3.05, 3.63) is 10.9 Å². The minimum atomic E-state index is 0.240. The molecule has 98 valence electrons. The molecule has 1 saturated carbocycles. The van der Waals surface area contributed by atoms with Crippen LogP contribution in [-0.4, -0.2) is 32.1 Å². The van der Waals surface area contributed by atoms with Gasteiger partial charge in [-0.2, -0.15) is 0 Å². The van der Waals surface area contributed by atoms with Crippen LogP contribution in [0.2, 0.25) is 0 Å². The van der Waals surface area contributed by atoms with Crippen LogP contribution in [0, 0.1) is 5.92 Å². The van der Waals surface area contributed by atoms with Crippen molar-refractivity contribution in [2.75, 3.05) is 30.8 Å². The number of nitrogens with two attached hydrogens (primary N) is 1. The molecule has 2 fully saturated rings. The second kappa shape index (κ2) is 4.55. The van der Waals surface area contributed by atoms with E-state index in [1.54, 1.807) is 18.4 Å². The van der Waals surface area contributed by atoms with E-state index < -0.39 is 0 Å². The SMILES string of the molecule is COC1CCN(c2cc(N)c(C(=O)C3CC3)s2)C1. The number of Topliss-reactive ketones (excluding diaryl/α,β-unsaturated/α-hetero) is 1. The van der Waals surface area contributed by atoms with Gasteiger partial charge in [0.05, 0.1) is 21.7 Å². The Bertz CT molecular complexity index is 468. The van der Waals surface area contributed by atoms with Crippen molar-refractivity contribution in [3.63, 3.8) is 0 Å². The molecule has 2 aliphatic rings. The predicted molar refractivity (Wildman–Crippen MR) is 73.4 cm³/mol. The Balaban J connectivity index is 1.77. The molecule has 5 heteroatoms. The summed E-state index contributed by atoms with van der Waals surface area (Å²) >= 11 is 1.54. The summed E-state index contributed by atoms with van der Waals surface area (Å²) in [6, 6.07) is 1.94. The highest BCUT2D eigenvalue weighted by atomic mass is 32.1. The summed E-state index contributed by atoms with van der Waals surface area (Å²) in [5.41, 5.74) is 6.62. The van der Waals surface area contributed by atoms with Crippen molar-refractivity contribution >= 4 is 27.8 Å². The quantitative estimate of drug-likeness (QED) is 0.848. The molecule has 3 rings (SSSR count). The van der Waals surface area contributed by atoms with Gasteiger partial charge in [0, 0.05) is 26.1 Å². The molecule has 2 heterocycles. The van der Waals surface area contributed by atoms with Crippen LogP contribution in [0.5, 0.6) is 0 Å². The summed E-state index contributed by atoms with van der Waals surface area (Å²) in [5, 5.41) is 1.11. The monoisotopic (exact) mass is 266 g/mol. The molecule has 1 atom stereocenters. The zero-order chi connectivity index (χ0) is 12.7. The maximum Gasteiger partial charge on any atom is 0.178 e. The molecule has 1 aromatic rings. The fourth-order valence-corrected chi connectivity index (χ4v) is 3.53. The molecule has 18 heavy (non-hydrogen) atoms. The average Bonchev–Trinajstić information content (AvgIpc) is 2.98. The number of ketones is 1. The lowest BCUT2D eigenvalue weighted by molar-refractivity contribution is 0.0972. The standard InChI is InChI=1S/C13H18N2O2S/c1-17-9-4-5-15(7-9)11-6-10(14)13(18-11)12(16)8-2-3-8/h6,8-9H,2-5,7,14H2,1H3. The van der Waals surface area contributed by atoms with Crippen LogP contribution < -0.4 is 10.6 Å². The number of methoxy groups -OCH3 is 1. The molecule has 1 aliphatic carbocycles. The first-order valence-electron chi connectivity index (χ1n) is 6.40. The van der Waals surface area contributed by atoms with Gasteiger partial charge in [0.2, 0.25) is 0 Å². The van der Waals surface area contributed by atoms with Crippen LogP contribution in [0.25, 0.3) is 0 Å². The van der Waals surface area contributed by atoms with E-state index in [4.69, 9.17) is 10.5 Å². The number of carbonyl (C=O) groups excluding carboxylic acids is 1. The van der Waals surface area contributed by atoms with Gasteiger partial charge in [-0.15, -0.1) is 11.3 Å². The molecule has 1 unspecified atom stereocenters. The molecule has 0 bridgehead atoms. The number of rotatable bonds is 4. The first-order chi connectivity index (χ1) is 8.69. The zero-order valence-electron chi connectivity index (χ0n) is 10.5. The molecule has 2 N–H and O–H groups in total. The summed E-state index contributed by atoms with van der Waals surface area (Å²) < 4.78 is 5.36. The summed E-state index contributed by atoms with van der Waals surface area (Å²) in [6.07, 6.45) is 3.40. The van der Waals surface area contributed by atoms with Gasteiger partial charge in [-0.05, 0) is 25.3 Å². The van der Waals surface area contributed by atoms with Crippen molar-refractivity contribution in [2.24, 2.45) is 5.92 Å². The van der Waals surface area contributed by atoms with E-state index in [-0.39, 0.29) is 11.7 Å². The van der Waals surface area contributed by atoms with E-state index in [0.29, 0.717) is 11.8 Å². The van der Waals surface area contributed by atoms with Crippen molar-refractivity contribution in [2.45, 2.75) is 25.4 Å². The number of ether oxygens (including phenoxy) is 1. The second-order valence-electron chi connectivity index (χ2n) is 5.10. The second-order valence-corrected chi connectivity index (χ2v) is 6.13. The summed E-state index contributed by atoms with van der Waals surface area (Å²) in [6.45, 7) is 1.88. The number of nitrogen functional groups attached to an aromatic ring is 1. The fourth-order valence-electron chi connectivity index (χ4n) is 2.39. The zero-order valence-corrected chi connectivity index (χ0v) is 11.3. The Hall–Kier alpha value is -1.07. The van der Waals surface area contributed by atoms with Crippen molar-refractivity contribution in [1.29, 1.82) is 0 Å². The van der Waals surface area contributed by atoms with E-state index >= 15 is 0 Å². The maximum absolute atomic E-state index is 12.1. The van der Waals surface area contributed by atoms with Crippen molar-refractivity contribution in [1.82, 2.24) is 0 Å². The molecular formula is C13H18N2O2S. The Morgan fingerprint density at radius 2 is 2.28 bits per heavy atom. The van der Waals surface area contributed by atoms with Gasteiger partial charge >= 0.3 is 0 Å². The summed E-state index contributed by atoms with van der Waals surface area (Å²) in [4.78, 5) is 15.1. The van der Waals surface area contributed by atoms with Gasteiger partial charge in [0.15, 0.2) is 5.78 Å². The van der Waals surface area contributed by atoms with Gasteiger partial charge in [-0.3, -0.25) is 4.79 Å². The van der Waals surface area contributed by atoms with E-state index in [9.17, 15) is 4.79 Å². The average molecular weight is 266 g/mol. The normalized spacial score (nSPS) is 23.6. The van der Waals surface area contributed by atoms with E-state index in [1.807, 2.05) is 6.07 Å². The molecule has 1 saturated heterocycles. The molecule has 0 radical (unpaired) electrons. The maximum atomic E-state index is 12.1. The highest BCUT2D eigenvalue weighted by Crippen LogP contribution is 2.40. The number of nitrogens with zero attached hydrogens (tertiary/aromatic N) is 1. The van der Waals surface area contributed by atoms with Crippen LogP contribution >= 0.6 is 11.3 Å². The minimum Gasteiger partial charge on any atom is -0.397 e.